The molecule has 0 saturated heterocycles. The van der Waals surface area contributed by atoms with Crippen molar-refractivity contribution >= 4 is 5.97 Å². The molecule has 270 valence electrons. The Morgan fingerprint density at radius 1 is 1.02 bits per heavy atom. The molecule has 2 aromatic carbocycles. The molecule has 0 bridgehead atoms. The maximum atomic E-state index is 12.5. The van der Waals surface area contributed by atoms with Crippen LogP contribution in [0.25, 0.3) is 0 Å². The molecule has 4 unspecified atom stereocenters. The Balaban J connectivity index is 2.02. The number of nitro groups is 1. The van der Waals surface area contributed by atoms with Gasteiger partial charge in [0.2, 0.25) is 11.5 Å². The van der Waals surface area contributed by atoms with Crippen LogP contribution in [0, 0.1) is 21.4 Å². The fourth-order valence-corrected chi connectivity index (χ4v) is 6.10. The highest BCUT2D eigenvalue weighted by molar-refractivity contribution is 5.66. The highest BCUT2D eigenvalue weighted by Crippen LogP contribution is 2.52. The lowest BCUT2D eigenvalue weighted by Gasteiger charge is -2.32. The first-order valence-corrected chi connectivity index (χ1v) is 17.3. The van der Waals surface area contributed by atoms with Gasteiger partial charge < -0.3 is 33.2 Å². The molecule has 1 heterocycles. The standard InChI is InChI=1S/C37H52N2O10/c1-7-10-14-20-45-33-23-28(34(46-21-15-11-8-2)36(44-6)35(33)43-5)37(9-3,25-38)19-18-30(48-26(4)40)29(39(41)42)22-27-24-47-31-16-12-13-17-32(31)49-27/h12-13,16-17,23,27,29-30H,7-11,14-15,18-22,24H2,1-6H3. The maximum Gasteiger partial charge on any atom is 0.303 e. The first kappa shape index (κ1) is 39.0. The Morgan fingerprint density at radius 3 is 2.24 bits per heavy atom. The highest BCUT2D eigenvalue weighted by atomic mass is 16.6. The van der Waals surface area contributed by atoms with Gasteiger partial charge in [-0.1, -0.05) is 58.6 Å². The van der Waals surface area contributed by atoms with Crippen molar-refractivity contribution in [2.45, 2.75) is 116 Å². The lowest BCUT2D eigenvalue weighted by Crippen LogP contribution is -2.43. The maximum absolute atomic E-state index is 12.5. The summed E-state index contributed by atoms with van der Waals surface area (Å²) in [4.78, 5) is 24.4. The van der Waals surface area contributed by atoms with Crippen LogP contribution < -0.4 is 28.4 Å². The Labute approximate surface area is 290 Å². The number of esters is 1. The zero-order chi connectivity index (χ0) is 35.8. The summed E-state index contributed by atoms with van der Waals surface area (Å²) < 4.78 is 41.6. The molecule has 0 spiro atoms. The molecule has 4 atom stereocenters. The SMILES string of the molecule is CCCCCOc1cc(C(C#N)(CC)CCC(OC(C)=O)C(CC2COc3ccccc3O2)[N+](=O)[O-])c(OCCCCC)c(OC)c1OC. The van der Waals surface area contributed by atoms with Crippen molar-refractivity contribution in [3.63, 3.8) is 0 Å². The topological polar surface area (TPSA) is 149 Å². The third kappa shape index (κ3) is 10.3. The first-order valence-electron chi connectivity index (χ1n) is 17.3. The quantitative estimate of drug-likeness (QED) is 0.0522. The number of para-hydroxylation sites is 2. The molecular weight excluding hydrogens is 632 g/mol. The van der Waals surface area contributed by atoms with Crippen LogP contribution in [-0.2, 0) is 14.9 Å². The molecular formula is C37H52N2O10. The summed E-state index contributed by atoms with van der Waals surface area (Å²) in [5.41, 5.74) is -0.693. The van der Waals surface area contributed by atoms with Gasteiger partial charge in [-0.3, -0.25) is 14.9 Å². The van der Waals surface area contributed by atoms with Gasteiger partial charge in [0.25, 0.3) is 6.04 Å². The van der Waals surface area contributed by atoms with Crippen LogP contribution in [0.2, 0.25) is 0 Å². The predicted octanol–water partition coefficient (Wildman–Crippen LogP) is 7.60. The van der Waals surface area contributed by atoms with Crippen LogP contribution in [0.15, 0.2) is 30.3 Å². The summed E-state index contributed by atoms with van der Waals surface area (Å²) >= 11 is 0. The van der Waals surface area contributed by atoms with E-state index in [1.54, 1.807) is 24.3 Å². The number of ether oxygens (including phenoxy) is 7. The van der Waals surface area contributed by atoms with E-state index in [0.29, 0.717) is 59.7 Å². The minimum atomic E-state index is -1.32. The van der Waals surface area contributed by atoms with E-state index in [9.17, 15) is 20.2 Å². The second kappa shape index (κ2) is 19.6. The van der Waals surface area contributed by atoms with Gasteiger partial charge in [0, 0.05) is 17.4 Å². The lowest BCUT2D eigenvalue weighted by molar-refractivity contribution is -0.536. The number of carbonyl (C=O) groups is 1. The Kier molecular flexibility index (Phi) is 15.6. The molecule has 3 rings (SSSR count). The average molecular weight is 685 g/mol. The third-order valence-corrected chi connectivity index (χ3v) is 8.84. The molecule has 0 fully saturated rings. The van der Waals surface area contributed by atoms with Crippen molar-refractivity contribution in [1.29, 1.82) is 5.26 Å². The molecule has 0 saturated carbocycles. The third-order valence-electron chi connectivity index (χ3n) is 8.84. The Bertz CT molecular complexity index is 1410. The number of nitrogens with zero attached hydrogens (tertiary/aromatic N) is 2. The number of benzene rings is 2. The number of carbonyl (C=O) groups excluding carboxylic acids is 1. The van der Waals surface area contributed by atoms with Crippen molar-refractivity contribution < 1.29 is 42.9 Å². The molecule has 0 radical (unpaired) electrons. The molecule has 0 amide bonds. The molecule has 12 nitrogen and oxygen atoms in total. The smallest absolute Gasteiger partial charge is 0.303 e. The molecule has 49 heavy (non-hydrogen) atoms. The van der Waals surface area contributed by atoms with Crippen LogP contribution >= 0.6 is 0 Å². The molecule has 0 N–H and O–H groups in total. The number of nitriles is 1. The predicted molar refractivity (Wildman–Crippen MR) is 184 cm³/mol. The fraction of sp³-hybridized carbons (Fsp3) is 0.622. The summed E-state index contributed by atoms with van der Waals surface area (Å²) in [6.07, 6.45) is 4.19. The van der Waals surface area contributed by atoms with Crippen molar-refractivity contribution in [3.8, 4) is 40.6 Å². The van der Waals surface area contributed by atoms with Gasteiger partial charge in [-0.2, -0.15) is 5.26 Å². The zero-order valence-electron chi connectivity index (χ0n) is 29.8. The minimum absolute atomic E-state index is 0.0209. The summed E-state index contributed by atoms with van der Waals surface area (Å²) in [7, 11) is 3.03. The van der Waals surface area contributed by atoms with Crippen LogP contribution in [0.1, 0.15) is 97.5 Å². The van der Waals surface area contributed by atoms with Crippen LogP contribution in [0.5, 0.6) is 34.5 Å². The van der Waals surface area contributed by atoms with Crippen molar-refractivity contribution in [3.05, 3.63) is 46.0 Å². The summed E-state index contributed by atoms with van der Waals surface area (Å²) in [5.74, 6) is 1.84. The number of fused-ring (bicyclic) bond motifs is 1. The summed E-state index contributed by atoms with van der Waals surface area (Å²) in [6, 6.07) is 10.1. The number of rotatable bonds is 22. The largest absolute Gasteiger partial charge is 0.490 e. The fourth-order valence-electron chi connectivity index (χ4n) is 6.10. The molecule has 0 aromatic heterocycles. The van der Waals surface area contributed by atoms with Crippen molar-refractivity contribution in [2.75, 3.05) is 34.0 Å². The summed E-state index contributed by atoms with van der Waals surface area (Å²) in [5, 5.41) is 23.4. The van der Waals surface area contributed by atoms with Gasteiger partial charge >= 0.3 is 5.97 Å². The van der Waals surface area contributed by atoms with Gasteiger partial charge in [-0.05, 0) is 50.3 Å². The Morgan fingerprint density at radius 2 is 1.67 bits per heavy atom. The van der Waals surface area contributed by atoms with Gasteiger partial charge in [0.1, 0.15) is 12.7 Å². The highest BCUT2D eigenvalue weighted by Gasteiger charge is 2.43. The van der Waals surface area contributed by atoms with Crippen LogP contribution in [0.3, 0.4) is 0 Å². The molecule has 2 aromatic rings. The number of hydrogen-bond donors (Lipinski definition) is 0. The van der Waals surface area contributed by atoms with E-state index in [1.165, 1.54) is 21.1 Å². The van der Waals surface area contributed by atoms with E-state index in [4.69, 9.17) is 33.2 Å². The molecule has 12 heteroatoms. The number of hydrogen-bond acceptors (Lipinski definition) is 11. The molecule has 1 aliphatic heterocycles. The van der Waals surface area contributed by atoms with E-state index in [0.717, 1.165) is 38.5 Å². The van der Waals surface area contributed by atoms with Gasteiger partial charge in [-0.15, -0.1) is 0 Å². The minimum Gasteiger partial charge on any atom is -0.490 e. The molecule has 1 aliphatic rings. The van der Waals surface area contributed by atoms with Gasteiger partial charge in [0.15, 0.2) is 29.1 Å². The van der Waals surface area contributed by atoms with Gasteiger partial charge in [-0.25, -0.2) is 0 Å². The van der Waals surface area contributed by atoms with E-state index in [-0.39, 0.29) is 25.9 Å². The number of unbranched alkanes of at least 4 members (excludes halogenated alkanes) is 4. The van der Waals surface area contributed by atoms with Crippen LogP contribution in [-0.4, -0.2) is 63.2 Å². The van der Waals surface area contributed by atoms with Crippen molar-refractivity contribution in [1.82, 2.24) is 0 Å². The van der Waals surface area contributed by atoms with E-state index < -0.39 is 34.6 Å². The normalized spacial score (nSPS) is 16.0. The Hall–Kier alpha value is -4.40. The number of methoxy groups -OCH3 is 2. The summed E-state index contributed by atoms with van der Waals surface area (Å²) in [6.45, 7) is 8.23. The van der Waals surface area contributed by atoms with Crippen molar-refractivity contribution in [2.24, 2.45) is 0 Å². The van der Waals surface area contributed by atoms with Gasteiger partial charge in [0.05, 0.1) is 45.3 Å². The van der Waals surface area contributed by atoms with E-state index in [1.807, 2.05) is 13.0 Å². The average Bonchev–Trinajstić information content (AvgIpc) is 3.10. The second-order valence-electron chi connectivity index (χ2n) is 12.2. The van der Waals surface area contributed by atoms with Crippen LogP contribution in [0.4, 0.5) is 0 Å². The van der Waals surface area contributed by atoms with E-state index in [2.05, 4.69) is 19.9 Å². The monoisotopic (exact) mass is 684 g/mol. The second-order valence-corrected chi connectivity index (χ2v) is 12.2. The zero-order valence-corrected chi connectivity index (χ0v) is 29.8. The lowest BCUT2D eigenvalue weighted by atomic mass is 9.74. The molecule has 0 aliphatic carbocycles. The first-order chi connectivity index (χ1) is 23.7. The van der Waals surface area contributed by atoms with E-state index >= 15 is 0 Å².